The standard InChI is InChI=1S/C13H16F3N3O/c1-8-5-9(6-11(17)18-8)12(20)19-4-2-3-10(7-19)13(14,15)16/h5-6,10H,2-4,7H2,1H3,(H2,17,18). The van der Waals surface area contributed by atoms with Gasteiger partial charge in [0.05, 0.1) is 5.92 Å². The van der Waals surface area contributed by atoms with E-state index in [0.29, 0.717) is 18.7 Å². The van der Waals surface area contributed by atoms with Crippen LogP contribution < -0.4 is 5.73 Å². The van der Waals surface area contributed by atoms with E-state index < -0.39 is 18.0 Å². The van der Waals surface area contributed by atoms with Crippen LogP contribution in [-0.2, 0) is 0 Å². The molecular formula is C13H16F3N3O. The number of nitrogens with two attached hydrogens (primary N) is 1. The lowest BCUT2D eigenvalue weighted by molar-refractivity contribution is -0.184. The summed E-state index contributed by atoms with van der Waals surface area (Å²) >= 11 is 0. The van der Waals surface area contributed by atoms with E-state index in [1.165, 1.54) is 17.0 Å². The van der Waals surface area contributed by atoms with Gasteiger partial charge in [-0.05, 0) is 31.9 Å². The van der Waals surface area contributed by atoms with Gasteiger partial charge in [-0.25, -0.2) is 4.98 Å². The zero-order valence-corrected chi connectivity index (χ0v) is 11.1. The van der Waals surface area contributed by atoms with Crippen LogP contribution in [0.15, 0.2) is 12.1 Å². The number of rotatable bonds is 1. The van der Waals surface area contributed by atoms with Crippen molar-refractivity contribution in [3.05, 3.63) is 23.4 Å². The molecule has 1 unspecified atom stereocenters. The molecule has 2 rings (SSSR count). The molecule has 1 amide bonds. The Balaban J connectivity index is 2.16. The molecule has 1 fully saturated rings. The van der Waals surface area contributed by atoms with E-state index in [4.69, 9.17) is 5.73 Å². The number of nitrogens with zero attached hydrogens (tertiary/aromatic N) is 2. The molecule has 0 spiro atoms. The molecule has 0 bridgehead atoms. The van der Waals surface area contributed by atoms with Crippen LogP contribution in [0.1, 0.15) is 28.9 Å². The molecule has 0 aliphatic carbocycles. The maximum atomic E-state index is 12.7. The highest BCUT2D eigenvalue weighted by Gasteiger charge is 2.42. The van der Waals surface area contributed by atoms with Crippen LogP contribution in [-0.4, -0.2) is 35.1 Å². The molecule has 1 aliphatic heterocycles. The van der Waals surface area contributed by atoms with E-state index in [-0.39, 0.29) is 24.3 Å². The van der Waals surface area contributed by atoms with Gasteiger partial charge in [-0.1, -0.05) is 0 Å². The Morgan fingerprint density at radius 1 is 1.45 bits per heavy atom. The molecule has 20 heavy (non-hydrogen) atoms. The molecule has 110 valence electrons. The van der Waals surface area contributed by atoms with Crippen molar-refractivity contribution in [2.45, 2.75) is 25.9 Å². The lowest BCUT2D eigenvalue weighted by Crippen LogP contribution is -2.44. The van der Waals surface area contributed by atoms with Crippen LogP contribution in [0.2, 0.25) is 0 Å². The number of halogens is 3. The predicted octanol–water partition coefficient (Wildman–Crippen LogP) is 2.39. The van der Waals surface area contributed by atoms with Crippen LogP contribution in [0.3, 0.4) is 0 Å². The number of pyridine rings is 1. The summed E-state index contributed by atoms with van der Waals surface area (Å²) in [6.07, 6.45) is -3.83. The van der Waals surface area contributed by atoms with E-state index in [9.17, 15) is 18.0 Å². The highest BCUT2D eigenvalue weighted by molar-refractivity contribution is 5.95. The topological polar surface area (TPSA) is 59.2 Å². The normalized spacial score (nSPS) is 20.0. The average molecular weight is 287 g/mol. The second kappa shape index (κ2) is 5.30. The van der Waals surface area contributed by atoms with Crippen LogP contribution in [0.25, 0.3) is 0 Å². The third-order valence-electron chi connectivity index (χ3n) is 3.39. The first kappa shape index (κ1) is 14.6. The van der Waals surface area contributed by atoms with Crippen molar-refractivity contribution in [3.63, 3.8) is 0 Å². The maximum absolute atomic E-state index is 12.7. The smallest absolute Gasteiger partial charge is 0.384 e. The van der Waals surface area contributed by atoms with Gasteiger partial charge in [0.15, 0.2) is 0 Å². The van der Waals surface area contributed by atoms with Gasteiger partial charge in [0.1, 0.15) is 5.82 Å². The summed E-state index contributed by atoms with van der Waals surface area (Å²) in [5.41, 5.74) is 6.42. The quantitative estimate of drug-likeness (QED) is 0.862. The van der Waals surface area contributed by atoms with Gasteiger partial charge in [0.2, 0.25) is 0 Å². The van der Waals surface area contributed by atoms with Crippen molar-refractivity contribution >= 4 is 11.7 Å². The summed E-state index contributed by atoms with van der Waals surface area (Å²) in [5.74, 6) is -1.67. The Hall–Kier alpha value is -1.79. The SMILES string of the molecule is Cc1cc(C(=O)N2CCCC(C(F)(F)F)C2)cc(N)n1. The summed E-state index contributed by atoms with van der Waals surface area (Å²) in [5, 5.41) is 0. The third kappa shape index (κ3) is 3.20. The predicted molar refractivity (Wildman–Crippen MR) is 68.1 cm³/mol. The van der Waals surface area contributed by atoms with Gasteiger partial charge in [0, 0.05) is 24.3 Å². The molecule has 1 aromatic heterocycles. The average Bonchev–Trinajstić information content (AvgIpc) is 2.36. The zero-order valence-electron chi connectivity index (χ0n) is 11.1. The number of anilines is 1. The van der Waals surface area contributed by atoms with Crippen molar-refractivity contribution in [2.24, 2.45) is 5.92 Å². The first-order valence-corrected chi connectivity index (χ1v) is 6.37. The number of hydrogen-bond donors (Lipinski definition) is 1. The Morgan fingerprint density at radius 3 is 2.75 bits per heavy atom. The number of alkyl halides is 3. The number of carbonyl (C=O) groups is 1. The molecule has 1 saturated heterocycles. The van der Waals surface area contributed by atoms with Gasteiger partial charge in [-0.15, -0.1) is 0 Å². The van der Waals surface area contributed by atoms with Crippen molar-refractivity contribution in [1.29, 1.82) is 0 Å². The highest BCUT2D eigenvalue weighted by atomic mass is 19.4. The van der Waals surface area contributed by atoms with Crippen molar-refractivity contribution in [1.82, 2.24) is 9.88 Å². The number of amides is 1. The van der Waals surface area contributed by atoms with Gasteiger partial charge in [0.25, 0.3) is 5.91 Å². The van der Waals surface area contributed by atoms with Gasteiger partial charge in [-0.3, -0.25) is 4.79 Å². The number of aromatic nitrogens is 1. The Bertz CT molecular complexity index is 496. The van der Waals surface area contributed by atoms with Crippen molar-refractivity contribution in [3.8, 4) is 0 Å². The molecule has 1 atom stereocenters. The lowest BCUT2D eigenvalue weighted by Gasteiger charge is -2.33. The number of piperidine rings is 1. The highest BCUT2D eigenvalue weighted by Crippen LogP contribution is 2.33. The number of likely N-dealkylation sites (tertiary alicyclic amines) is 1. The number of hydrogen-bond acceptors (Lipinski definition) is 3. The van der Waals surface area contributed by atoms with E-state index in [1.54, 1.807) is 6.92 Å². The zero-order chi connectivity index (χ0) is 14.9. The molecular weight excluding hydrogens is 271 g/mol. The fourth-order valence-corrected chi connectivity index (χ4v) is 2.43. The molecule has 4 nitrogen and oxygen atoms in total. The minimum absolute atomic E-state index is 0.0742. The van der Waals surface area contributed by atoms with Crippen molar-refractivity contribution in [2.75, 3.05) is 18.8 Å². The maximum Gasteiger partial charge on any atom is 0.393 e. The fraction of sp³-hybridized carbons (Fsp3) is 0.538. The Morgan fingerprint density at radius 2 is 2.15 bits per heavy atom. The summed E-state index contributed by atoms with van der Waals surface area (Å²) in [6.45, 7) is 1.73. The summed E-state index contributed by atoms with van der Waals surface area (Å²) in [7, 11) is 0. The third-order valence-corrected chi connectivity index (χ3v) is 3.39. The molecule has 0 aromatic carbocycles. The monoisotopic (exact) mass is 287 g/mol. The van der Waals surface area contributed by atoms with Crippen LogP contribution in [0.5, 0.6) is 0 Å². The second-order valence-corrected chi connectivity index (χ2v) is 5.05. The number of carbonyl (C=O) groups excluding carboxylic acids is 1. The van der Waals surface area contributed by atoms with Crippen LogP contribution in [0, 0.1) is 12.8 Å². The van der Waals surface area contributed by atoms with E-state index in [2.05, 4.69) is 4.98 Å². The van der Waals surface area contributed by atoms with Crippen LogP contribution >= 0.6 is 0 Å². The van der Waals surface area contributed by atoms with Gasteiger partial charge >= 0.3 is 6.18 Å². The number of aryl methyl sites for hydroxylation is 1. The summed E-state index contributed by atoms with van der Waals surface area (Å²) < 4.78 is 38.2. The summed E-state index contributed by atoms with van der Waals surface area (Å²) in [6, 6.07) is 2.93. The largest absolute Gasteiger partial charge is 0.393 e. The van der Waals surface area contributed by atoms with Gasteiger partial charge in [-0.2, -0.15) is 13.2 Å². The minimum atomic E-state index is -4.26. The minimum Gasteiger partial charge on any atom is -0.384 e. The number of nitrogen functional groups attached to an aromatic ring is 1. The molecule has 1 aromatic rings. The first-order valence-electron chi connectivity index (χ1n) is 6.37. The summed E-state index contributed by atoms with van der Waals surface area (Å²) in [4.78, 5) is 17.4. The van der Waals surface area contributed by atoms with E-state index >= 15 is 0 Å². The van der Waals surface area contributed by atoms with Gasteiger partial charge < -0.3 is 10.6 Å². The lowest BCUT2D eigenvalue weighted by atomic mass is 9.97. The first-order chi connectivity index (χ1) is 9.27. The molecule has 2 N–H and O–H groups in total. The molecule has 2 heterocycles. The van der Waals surface area contributed by atoms with Crippen molar-refractivity contribution < 1.29 is 18.0 Å². The Kier molecular flexibility index (Phi) is 3.87. The fourth-order valence-electron chi connectivity index (χ4n) is 2.43. The van der Waals surface area contributed by atoms with E-state index in [0.717, 1.165) is 0 Å². The van der Waals surface area contributed by atoms with Crippen LogP contribution in [0.4, 0.5) is 19.0 Å². The Labute approximate surface area is 114 Å². The molecule has 0 saturated carbocycles. The second-order valence-electron chi connectivity index (χ2n) is 5.05. The molecule has 1 aliphatic rings. The molecule has 0 radical (unpaired) electrons. The molecule has 7 heteroatoms. The van der Waals surface area contributed by atoms with E-state index in [1.807, 2.05) is 0 Å².